The second-order valence-corrected chi connectivity index (χ2v) is 15.2. The second kappa shape index (κ2) is 10.1. The molecule has 0 aromatic heterocycles. The summed E-state index contributed by atoms with van der Waals surface area (Å²) in [4.78, 5) is 0. The van der Waals surface area contributed by atoms with Gasteiger partial charge >= 0.3 is 0 Å². The summed E-state index contributed by atoms with van der Waals surface area (Å²) in [5.41, 5.74) is 0. The van der Waals surface area contributed by atoms with E-state index in [-0.39, 0.29) is 11.1 Å². The van der Waals surface area contributed by atoms with E-state index in [0.29, 0.717) is 12.0 Å². The van der Waals surface area contributed by atoms with Crippen LogP contribution in [0.2, 0.25) is 18.1 Å². The van der Waals surface area contributed by atoms with Crippen LogP contribution in [0.3, 0.4) is 0 Å². The van der Waals surface area contributed by atoms with Crippen LogP contribution in [0.4, 0.5) is 0 Å². The monoisotopic (exact) mass is 466 g/mol. The Morgan fingerprint density at radius 1 is 1.25 bits per heavy atom. The molecule has 4 heteroatoms. The summed E-state index contributed by atoms with van der Waals surface area (Å²) < 4.78 is 7.74. The van der Waals surface area contributed by atoms with Crippen LogP contribution in [0, 0.1) is 5.92 Å². The summed E-state index contributed by atoms with van der Waals surface area (Å²) >= 11 is 2.41. The standard InChI is InChI=1S/C20H39IO2Si/c1-16(23-24(5,6)20(2,3)4)11-10-14-18(21)15-19(22)17-12-8-7-9-13-17/h15-17,19,22H,7-14H2,1-6H3/b18-15-/t16-,19-/m0/s1. The maximum Gasteiger partial charge on any atom is 0.192 e. The van der Waals surface area contributed by atoms with E-state index in [9.17, 15) is 5.11 Å². The SMILES string of the molecule is C[C@@H](CCC/C(I)=C/[C@H](O)C1CCCCC1)O[Si](C)(C)C(C)(C)C. The zero-order valence-corrected chi connectivity index (χ0v) is 19.9. The molecule has 1 aliphatic carbocycles. The van der Waals surface area contributed by atoms with E-state index in [1.54, 1.807) is 0 Å². The number of hydrogen-bond acceptors (Lipinski definition) is 2. The quantitative estimate of drug-likeness (QED) is 0.314. The molecule has 0 unspecified atom stereocenters. The Morgan fingerprint density at radius 2 is 1.83 bits per heavy atom. The van der Waals surface area contributed by atoms with Crippen molar-refractivity contribution in [3.63, 3.8) is 0 Å². The van der Waals surface area contributed by atoms with Crippen LogP contribution in [0.15, 0.2) is 9.66 Å². The lowest BCUT2D eigenvalue weighted by Crippen LogP contribution is -2.43. The zero-order chi connectivity index (χ0) is 18.4. The van der Waals surface area contributed by atoms with E-state index in [1.165, 1.54) is 35.7 Å². The minimum atomic E-state index is -1.65. The van der Waals surface area contributed by atoms with Crippen molar-refractivity contribution in [3.05, 3.63) is 9.66 Å². The molecule has 1 N–H and O–H groups in total. The van der Waals surface area contributed by atoms with E-state index in [0.717, 1.165) is 19.3 Å². The molecule has 2 atom stereocenters. The normalized spacial score (nSPS) is 20.9. The largest absolute Gasteiger partial charge is 0.414 e. The maximum absolute atomic E-state index is 10.4. The summed E-state index contributed by atoms with van der Waals surface area (Å²) in [5.74, 6) is 0.490. The molecule has 0 spiro atoms. The Hall–Kier alpha value is 0.607. The average Bonchev–Trinajstić information content (AvgIpc) is 2.46. The molecule has 0 aromatic rings. The van der Waals surface area contributed by atoms with Crippen molar-refractivity contribution < 1.29 is 9.53 Å². The Morgan fingerprint density at radius 3 is 2.38 bits per heavy atom. The fraction of sp³-hybridized carbons (Fsp3) is 0.900. The molecular weight excluding hydrogens is 427 g/mol. The summed E-state index contributed by atoms with van der Waals surface area (Å²) in [6, 6.07) is 0. The van der Waals surface area contributed by atoms with Gasteiger partial charge in [0.25, 0.3) is 0 Å². The molecule has 0 heterocycles. The van der Waals surface area contributed by atoms with E-state index >= 15 is 0 Å². The van der Waals surface area contributed by atoms with Gasteiger partial charge in [-0.1, -0.05) is 40.0 Å². The number of aliphatic hydroxyl groups excluding tert-OH is 1. The molecule has 24 heavy (non-hydrogen) atoms. The lowest BCUT2D eigenvalue weighted by atomic mass is 9.85. The van der Waals surface area contributed by atoms with Crippen LogP contribution in [-0.4, -0.2) is 25.6 Å². The average molecular weight is 467 g/mol. The van der Waals surface area contributed by atoms with Crippen molar-refractivity contribution in [1.82, 2.24) is 0 Å². The molecule has 1 aliphatic rings. The first-order valence-electron chi connectivity index (χ1n) is 9.75. The topological polar surface area (TPSA) is 29.5 Å². The van der Waals surface area contributed by atoms with Gasteiger partial charge in [0.15, 0.2) is 8.32 Å². The third kappa shape index (κ3) is 7.88. The van der Waals surface area contributed by atoms with Crippen molar-refractivity contribution >= 4 is 30.9 Å². The number of rotatable bonds is 8. The first-order chi connectivity index (χ1) is 11.0. The molecule has 1 fully saturated rings. The van der Waals surface area contributed by atoms with Gasteiger partial charge in [0.05, 0.1) is 6.10 Å². The summed E-state index contributed by atoms with van der Waals surface area (Å²) in [6.07, 6.45) is 11.8. The summed E-state index contributed by atoms with van der Waals surface area (Å²) in [6.45, 7) is 13.8. The molecule has 0 amide bonds. The highest BCUT2D eigenvalue weighted by atomic mass is 127. The fourth-order valence-corrected chi connectivity index (χ4v) is 5.40. The Bertz CT molecular complexity index is 395. The van der Waals surface area contributed by atoms with Gasteiger partial charge in [-0.3, -0.25) is 0 Å². The minimum Gasteiger partial charge on any atom is -0.414 e. The third-order valence-electron chi connectivity index (χ3n) is 5.81. The molecule has 0 saturated heterocycles. The van der Waals surface area contributed by atoms with Crippen LogP contribution in [0.25, 0.3) is 0 Å². The predicted octanol–water partition coefficient (Wildman–Crippen LogP) is 6.83. The van der Waals surface area contributed by atoms with Gasteiger partial charge in [-0.2, -0.15) is 0 Å². The smallest absolute Gasteiger partial charge is 0.192 e. The van der Waals surface area contributed by atoms with Gasteiger partial charge in [0.2, 0.25) is 0 Å². The van der Waals surface area contributed by atoms with Crippen LogP contribution in [0.5, 0.6) is 0 Å². The minimum absolute atomic E-state index is 0.238. The van der Waals surface area contributed by atoms with Gasteiger partial charge in [0, 0.05) is 6.10 Å². The molecular formula is C20H39IO2Si. The zero-order valence-electron chi connectivity index (χ0n) is 16.7. The van der Waals surface area contributed by atoms with Crippen LogP contribution in [-0.2, 0) is 4.43 Å². The fourth-order valence-electron chi connectivity index (χ4n) is 3.18. The van der Waals surface area contributed by atoms with Crippen molar-refractivity contribution in [2.24, 2.45) is 5.92 Å². The molecule has 0 radical (unpaired) electrons. The number of halogens is 1. The lowest BCUT2D eigenvalue weighted by Gasteiger charge is -2.38. The first-order valence-corrected chi connectivity index (χ1v) is 13.7. The Kier molecular flexibility index (Phi) is 9.51. The van der Waals surface area contributed by atoms with Crippen LogP contribution < -0.4 is 0 Å². The molecule has 142 valence electrons. The maximum atomic E-state index is 10.4. The highest BCUT2D eigenvalue weighted by Gasteiger charge is 2.38. The number of hydrogen-bond donors (Lipinski definition) is 1. The van der Waals surface area contributed by atoms with Crippen molar-refractivity contribution in [2.45, 2.75) is 109 Å². The lowest BCUT2D eigenvalue weighted by molar-refractivity contribution is 0.125. The number of aliphatic hydroxyl groups is 1. The van der Waals surface area contributed by atoms with Gasteiger partial charge in [-0.05, 0) is 95.3 Å². The second-order valence-electron chi connectivity index (χ2n) is 9.08. The third-order valence-corrected chi connectivity index (χ3v) is 11.3. The van der Waals surface area contributed by atoms with Crippen molar-refractivity contribution in [1.29, 1.82) is 0 Å². The molecule has 1 rings (SSSR count). The van der Waals surface area contributed by atoms with E-state index in [1.807, 2.05) is 0 Å². The summed E-state index contributed by atoms with van der Waals surface area (Å²) in [7, 11) is -1.65. The predicted molar refractivity (Wildman–Crippen MR) is 116 cm³/mol. The highest BCUT2D eigenvalue weighted by molar-refractivity contribution is 14.1. The molecule has 1 saturated carbocycles. The van der Waals surface area contributed by atoms with Crippen molar-refractivity contribution in [2.75, 3.05) is 0 Å². The van der Waals surface area contributed by atoms with Gasteiger partial charge in [-0.25, -0.2) is 0 Å². The molecule has 0 bridgehead atoms. The molecule has 2 nitrogen and oxygen atoms in total. The molecule has 0 aromatic carbocycles. The van der Waals surface area contributed by atoms with E-state index in [4.69, 9.17) is 4.43 Å². The van der Waals surface area contributed by atoms with Gasteiger partial charge < -0.3 is 9.53 Å². The highest BCUT2D eigenvalue weighted by Crippen LogP contribution is 2.37. The Balaban J connectivity index is 2.33. The van der Waals surface area contributed by atoms with Crippen LogP contribution >= 0.6 is 22.6 Å². The van der Waals surface area contributed by atoms with E-state index < -0.39 is 8.32 Å². The van der Waals surface area contributed by atoms with E-state index in [2.05, 4.69) is 69.5 Å². The van der Waals surface area contributed by atoms with Crippen molar-refractivity contribution in [3.8, 4) is 0 Å². The van der Waals surface area contributed by atoms with Gasteiger partial charge in [-0.15, -0.1) is 0 Å². The molecule has 0 aliphatic heterocycles. The van der Waals surface area contributed by atoms with Crippen LogP contribution in [0.1, 0.15) is 79.1 Å². The Labute approximate surface area is 165 Å². The summed E-state index contributed by atoms with van der Waals surface area (Å²) in [5, 5.41) is 10.7. The number of allylic oxidation sites excluding steroid dienone is 1. The first kappa shape index (κ1) is 22.6. The van der Waals surface area contributed by atoms with Gasteiger partial charge in [0.1, 0.15) is 0 Å².